The van der Waals surface area contributed by atoms with Gasteiger partial charge in [0, 0.05) is 6.08 Å². The van der Waals surface area contributed by atoms with E-state index in [4.69, 9.17) is 33.5 Å². The number of amides is 2. The Hall–Kier alpha value is -2.21. The van der Waals surface area contributed by atoms with Gasteiger partial charge in [-0.1, -0.05) is 6.08 Å². The van der Waals surface area contributed by atoms with E-state index in [1.54, 1.807) is 41.5 Å². The molecule has 0 bridgehead atoms. The van der Waals surface area contributed by atoms with Crippen molar-refractivity contribution in [3.05, 3.63) is 12.2 Å². The van der Waals surface area contributed by atoms with E-state index in [0.717, 1.165) is 11.0 Å². The molecule has 0 saturated heterocycles. The molecule has 0 aromatic heterocycles. The lowest BCUT2D eigenvalue weighted by Gasteiger charge is -2.28. The summed E-state index contributed by atoms with van der Waals surface area (Å²) in [5, 5.41) is 8.42. The van der Waals surface area contributed by atoms with E-state index in [0.29, 0.717) is 33.0 Å². The van der Waals surface area contributed by atoms with Crippen LogP contribution in [0.5, 0.6) is 0 Å². The summed E-state index contributed by atoms with van der Waals surface area (Å²) in [6.45, 7) is 12.6. The van der Waals surface area contributed by atoms with Gasteiger partial charge in [0.2, 0.25) is 0 Å². The van der Waals surface area contributed by atoms with Crippen LogP contribution in [-0.2, 0) is 33.2 Å². The standard InChI is InChI=1S/C22H39NO10/c1-21(2,3)32-19(26)23(20(27)33-22(4,5)6)9-11-29-13-15-31-17-16-30-14-12-28-10-7-8-18(24)25/h7-8H,9-17H2,1-6H3,(H,24,25). The largest absolute Gasteiger partial charge is 0.478 e. The maximum atomic E-state index is 12.4. The Morgan fingerprint density at radius 1 is 0.697 bits per heavy atom. The number of ether oxygens (including phenoxy) is 6. The Balaban J connectivity index is 3.98. The number of aliphatic carboxylic acids is 1. The fourth-order valence-electron chi connectivity index (χ4n) is 2.01. The average Bonchev–Trinajstić information content (AvgIpc) is 2.64. The zero-order chi connectivity index (χ0) is 25.3. The number of rotatable bonds is 15. The zero-order valence-corrected chi connectivity index (χ0v) is 20.6. The lowest BCUT2D eigenvalue weighted by Crippen LogP contribution is -2.45. The van der Waals surface area contributed by atoms with Crippen LogP contribution in [0.4, 0.5) is 9.59 Å². The molecule has 0 aliphatic heterocycles. The SMILES string of the molecule is CC(C)(C)OC(=O)N(CCOCCOCCOCCOCC=CC(=O)O)C(=O)OC(C)(C)C. The number of imide groups is 1. The number of hydrogen-bond donors (Lipinski definition) is 1. The number of carboxylic acid groups (broad SMARTS) is 1. The predicted molar refractivity (Wildman–Crippen MR) is 119 cm³/mol. The Morgan fingerprint density at radius 3 is 1.48 bits per heavy atom. The summed E-state index contributed by atoms with van der Waals surface area (Å²) < 4.78 is 31.8. The third-order valence-corrected chi connectivity index (χ3v) is 3.28. The molecule has 0 radical (unpaired) electrons. The van der Waals surface area contributed by atoms with Gasteiger partial charge < -0.3 is 33.5 Å². The van der Waals surface area contributed by atoms with Crippen molar-refractivity contribution in [2.75, 3.05) is 59.4 Å². The molecule has 0 heterocycles. The molecule has 0 aromatic rings. The monoisotopic (exact) mass is 477 g/mol. The molecule has 2 amide bonds. The highest BCUT2D eigenvalue weighted by molar-refractivity contribution is 5.88. The highest BCUT2D eigenvalue weighted by Gasteiger charge is 2.30. The van der Waals surface area contributed by atoms with Crippen LogP contribution in [0.3, 0.4) is 0 Å². The van der Waals surface area contributed by atoms with Crippen molar-refractivity contribution in [2.45, 2.75) is 52.7 Å². The quantitative estimate of drug-likeness (QED) is 0.277. The first-order chi connectivity index (χ1) is 15.3. The van der Waals surface area contributed by atoms with Crippen molar-refractivity contribution in [3.63, 3.8) is 0 Å². The first-order valence-electron chi connectivity index (χ1n) is 10.8. The van der Waals surface area contributed by atoms with Gasteiger partial charge in [-0.2, -0.15) is 0 Å². The van der Waals surface area contributed by atoms with Gasteiger partial charge >= 0.3 is 18.2 Å². The van der Waals surface area contributed by atoms with Gasteiger partial charge in [-0.05, 0) is 41.5 Å². The molecule has 0 rings (SSSR count). The van der Waals surface area contributed by atoms with Crippen molar-refractivity contribution in [1.29, 1.82) is 0 Å². The van der Waals surface area contributed by atoms with Gasteiger partial charge in [-0.3, -0.25) is 0 Å². The smallest absolute Gasteiger partial charge is 0.419 e. The summed E-state index contributed by atoms with van der Waals surface area (Å²) in [6.07, 6.45) is 0.834. The van der Waals surface area contributed by atoms with Crippen LogP contribution in [-0.4, -0.2) is 98.8 Å². The third-order valence-electron chi connectivity index (χ3n) is 3.28. The lowest BCUT2D eigenvalue weighted by atomic mass is 10.2. The number of hydrogen-bond acceptors (Lipinski definition) is 9. The molecule has 1 N–H and O–H groups in total. The summed E-state index contributed by atoms with van der Waals surface area (Å²) in [6, 6.07) is 0. The normalized spacial score (nSPS) is 12.1. The first kappa shape index (κ1) is 30.8. The van der Waals surface area contributed by atoms with Crippen LogP contribution in [0, 0.1) is 0 Å². The van der Waals surface area contributed by atoms with Gasteiger partial charge in [0.05, 0.1) is 59.4 Å². The van der Waals surface area contributed by atoms with Gasteiger partial charge in [0.25, 0.3) is 0 Å². The van der Waals surface area contributed by atoms with Gasteiger partial charge in [-0.25, -0.2) is 19.3 Å². The van der Waals surface area contributed by atoms with E-state index in [1.807, 2.05) is 0 Å². The van der Waals surface area contributed by atoms with Crippen molar-refractivity contribution in [1.82, 2.24) is 4.90 Å². The molecule has 0 unspecified atom stereocenters. The van der Waals surface area contributed by atoms with Crippen molar-refractivity contribution < 1.29 is 47.9 Å². The molecule has 0 spiro atoms. The molecule has 0 saturated carbocycles. The number of carboxylic acids is 1. The molecule has 33 heavy (non-hydrogen) atoms. The van der Waals surface area contributed by atoms with Crippen molar-refractivity contribution in [2.24, 2.45) is 0 Å². The van der Waals surface area contributed by atoms with Gasteiger partial charge in [-0.15, -0.1) is 0 Å². The number of nitrogens with zero attached hydrogens (tertiary/aromatic N) is 1. The van der Waals surface area contributed by atoms with Crippen LogP contribution < -0.4 is 0 Å². The van der Waals surface area contributed by atoms with E-state index in [2.05, 4.69) is 0 Å². The van der Waals surface area contributed by atoms with Gasteiger partial charge in [0.1, 0.15) is 11.2 Å². The zero-order valence-electron chi connectivity index (χ0n) is 20.6. The maximum Gasteiger partial charge on any atom is 0.419 e. The number of carbonyl (C=O) groups excluding carboxylic acids is 2. The molecule has 11 heteroatoms. The summed E-state index contributed by atoms with van der Waals surface area (Å²) in [4.78, 5) is 35.8. The van der Waals surface area contributed by atoms with Crippen molar-refractivity contribution >= 4 is 18.2 Å². The molecule has 0 aliphatic carbocycles. The highest BCUT2D eigenvalue weighted by atomic mass is 16.6. The van der Waals surface area contributed by atoms with Gasteiger partial charge in [0.15, 0.2) is 0 Å². The Bertz CT molecular complexity index is 579. The molecular weight excluding hydrogens is 438 g/mol. The maximum absolute atomic E-state index is 12.4. The molecular formula is C22H39NO10. The molecule has 0 aromatic carbocycles. The topological polar surface area (TPSA) is 130 Å². The minimum Gasteiger partial charge on any atom is -0.478 e. The average molecular weight is 478 g/mol. The summed E-state index contributed by atoms with van der Waals surface area (Å²) in [5.74, 6) is -1.01. The van der Waals surface area contributed by atoms with Crippen LogP contribution in [0.25, 0.3) is 0 Å². The molecule has 0 atom stereocenters. The van der Waals surface area contributed by atoms with E-state index >= 15 is 0 Å². The Morgan fingerprint density at radius 2 is 1.09 bits per heavy atom. The fourth-order valence-corrected chi connectivity index (χ4v) is 2.01. The Labute approximate surface area is 195 Å². The summed E-state index contributed by atoms with van der Waals surface area (Å²) in [7, 11) is 0. The molecule has 192 valence electrons. The number of carbonyl (C=O) groups is 3. The molecule has 11 nitrogen and oxygen atoms in total. The second kappa shape index (κ2) is 16.4. The molecule has 0 aliphatic rings. The van der Waals surface area contributed by atoms with Crippen molar-refractivity contribution in [3.8, 4) is 0 Å². The highest BCUT2D eigenvalue weighted by Crippen LogP contribution is 2.14. The van der Waals surface area contributed by atoms with E-state index < -0.39 is 29.4 Å². The third kappa shape index (κ3) is 20.1. The van der Waals surface area contributed by atoms with E-state index in [1.165, 1.54) is 6.08 Å². The van der Waals surface area contributed by atoms with E-state index in [9.17, 15) is 14.4 Å². The second-order valence-corrected chi connectivity index (χ2v) is 8.76. The second-order valence-electron chi connectivity index (χ2n) is 8.76. The predicted octanol–water partition coefficient (Wildman–Crippen LogP) is 2.87. The Kier molecular flexibility index (Phi) is 15.3. The van der Waals surface area contributed by atoms with Crippen LogP contribution >= 0.6 is 0 Å². The first-order valence-corrected chi connectivity index (χ1v) is 10.8. The van der Waals surface area contributed by atoms with Crippen LogP contribution in [0.15, 0.2) is 12.2 Å². The minimum atomic E-state index is -1.01. The minimum absolute atomic E-state index is 0.0193. The van der Waals surface area contributed by atoms with Crippen LogP contribution in [0.1, 0.15) is 41.5 Å². The summed E-state index contributed by atoms with van der Waals surface area (Å²) in [5.41, 5.74) is -1.50. The lowest BCUT2D eigenvalue weighted by molar-refractivity contribution is -0.131. The molecule has 0 fully saturated rings. The fraction of sp³-hybridized carbons (Fsp3) is 0.773. The van der Waals surface area contributed by atoms with Crippen LogP contribution in [0.2, 0.25) is 0 Å². The van der Waals surface area contributed by atoms with E-state index in [-0.39, 0.29) is 26.4 Å². The summed E-state index contributed by atoms with van der Waals surface area (Å²) >= 11 is 0.